The van der Waals surface area contributed by atoms with Gasteiger partial charge in [0.05, 0.1) is 0 Å². The molecule has 1 aromatic heterocycles. The first-order valence-electron chi connectivity index (χ1n) is 7.63. The minimum atomic E-state index is 0.638. The highest BCUT2D eigenvalue weighted by molar-refractivity contribution is 6.31. The predicted octanol–water partition coefficient (Wildman–Crippen LogP) is 4.53. The van der Waals surface area contributed by atoms with Crippen LogP contribution in [0.4, 0.5) is 0 Å². The van der Waals surface area contributed by atoms with E-state index in [1.165, 1.54) is 33.3 Å². The molecule has 0 fully saturated rings. The molecule has 3 rings (SSSR count). The molecule has 0 amide bonds. The number of halogens is 1. The maximum Gasteiger partial charge on any atom is 0.0460 e. The minimum absolute atomic E-state index is 0.638. The molecule has 0 radical (unpaired) electrons. The van der Waals surface area contributed by atoms with E-state index >= 15 is 0 Å². The first-order valence-corrected chi connectivity index (χ1v) is 8.01. The molecule has 3 aromatic rings. The van der Waals surface area contributed by atoms with E-state index in [1.807, 2.05) is 18.2 Å². The molecule has 0 aliphatic heterocycles. The molecule has 2 nitrogen and oxygen atoms in total. The van der Waals surface area contributed by atoms with Gasteiger partial charge in [0.1, 0.15) is 0 Å². The van der Waals surface area contributed by atoms with Crippen molar-refractivity contribution in [3.05, 3.63) is 69.4 Å². The number of aromatic nitrogens is 1. The molecular formula is C19H21ClN2. The summed E-state index contributed by atoms with van der Waals surface area (Å²) in [5.41, 5.74) is 13.5. The third-order valence-corrected chi connectivity index (χ3v) is 4.46. The lowest BCUT2D eigenvalue weighted by Gasteiger charge is -2.08. The monoisotopic (exact) mass is 312 g/mol. The second-order valence-corrected chi connectivity index (χ2v) is 6.35. The smallest absolute Gasteiger partial charge is 0.0460 e. The number of nitrogens with one attached hydrogen (secondary N) is 1. The molecule has 0 saturated heterocycles. The summed E-state index contributed by atoms with van der Waals surface area (Å²) in [5.74, 6) is 0. The van der Waals surface area contributed by atoms with E-state index in [0.29, 0.717) is 6.54 Å². The fraction of sp³-hybridized carbons (Fsp3) is 0.263. The number of nitrogens with two attached hydrogens (primary N) is 1. The molecule has 1 heterocycles. The predicted molar refractivity (Wildman–Crippen MR) is 94.8 cm³/mol. The number of fused-ring (bicyclic) bond motifs is 1. The Bertz CT molecular complexity index is 818. The van der Waals surface area contributed by atoms with E-state index in [2.05, 4.69) is 37.0 Å². The highest BCUT2D eigenvalue weighted by Gasteiger charge is 2.13. The molecule has 22 heavy (non-hydrogen) atoms. The Morgan fingerprint density at radius 2 is 1.91 bits per heavy atom. The molecule has 0 bridgehead atoms. The van der Waals surface area contributed by atoms with Gasteiger partial charge >= 0.3 is 0 Å². The topological polar surface area (TPSA) is 41.8 Å². The third-order valence-electron chi connectivity index (χ3n) is 4.22. The maximum absolute atomic E-state index is 6.16. The van der Waals surface area contributed by atoms with Crippen molar-refractivity contribution in [2.45, 2.75) is 26.7 Å². The van der Waals surface area contributed by atoms with Crippen LogP contribution in [0.15, 0.2) is 36.4 Å². The van der Waals surface area contributed by atoms with Crippen molar-refractivity contribution in [2.75, 3.05) is 6.54 Å². The maximum atomic E-state index is 6.16. The fourth-order valence-corrected chi connectivity index (χ4v) is 3.21. The second-order valence-electron chi connectivity index (χ2n) is 5.92. The van der Waals surface area contributed by atoms with Crippen LogP contribution < -0.4 is 5.73 Å². The van der Waals surface area contributed by atoms with Gasteiger partial charge in [-0.15, -0.1) is 0 Å². The van der Waals surface area contributed by atoms with Crippen molar-refractivity contribution in [2.24, 2.45) is 5.73 Å². The molecule has 0 aliphatic rings. The Morgan fingerprint density at radius 3 is 2.68 bits per heavy atom. The van der Waals surface area contributed by atoms with E-state index in [0.717, 1.165) is 23.4 Å². The third kappa shape index (κ3) is 2.90. The standard InChI is InChI=1S/C19H21ClN2/c1-12-3-4-13(2)14(9-12)10-19-16(7-8-21)17-11-15(20)5-6-18(17)22-19/h3-6,9,11,22H,7-8,10,21H2,1-2H3. The van der Waals surface area contributed by atoms with Gasteiger partial charge in [0.15, 0.2) is 0 Å². The zero-order chi connectivity index (χ0) is 15.7. The van der Waals surface area contributed by atoms with Crippen LogP contribution in [0.1, 0.15) is 27.9 Å². The highest BCUT2D eigenvalue weighted by Crippen LogP contribution is 2.28. The molecule has 2 aromatic carbocycles. The lowest BCUT2D eigenvalue weighted by atomic mass is 9.98. The van der Waals surface area contributed by atoms with Gasteiger partial charge in [0, 0.05) is 28.0 Å². The SMILES string of the molecule is Cc1ccc(C)c(Cc2[nH]c3ccc(Cl)cc3c2CCN)c1. The van der Waals surface area contributed by atoms with Gasteiger partial charge in [-0.05, 0) is 61.7 Å². The second kappa shape index (κ2) is 6.15. The Morgan fingerprint density at radius 1 is 1.09 bits per heavy atom. The number of rotatable bonds is 4. The number of aromatic amines is 1. The van der Waals surface area contributed by atoms with Crippen LogP contribution in [0.3, 0.4) is 0 Å². The van der Waals surface area contributed by atoms with Crippen LogP contribution in [0.5, 0.6) is 0 Å². The summed E-state index contributed by atoms with van der Waals surface area (Å²) in [6.45, 7) is 4.94. The first kappa shape index (κ1) is 15.1. The normalized spacial score (nSPS) is 11.3. The average Bonchev–Trinajstić information content (AvgIpc) is 2.81. The van der Waals surface area contributed by atoms with E-state index in [9.17, 15) is 0 Å². The molecule has 114 valence electrons. The average molecular weight is 313 g/mol. The number of benzene rings is 2. The van der Waals surface area contributed by atoms with Gasteiger partial charge in [-0.2, -0.15) is 0 Å². The Labute approximate surface area is 136 Å². The molecule has 3 N–H and O–H groups in total. The van der Waals surface area contributed by atoms with Crippen molar-refractivity contribution < 1.29 is 0 Å². The van der Waals surface area contributed by atoms with Gasteiger partial charge in [0.2, 0.25) is 0 Å². The number of aryl methyl sites for hydroxylation is 2. The van der Waals surface area contributed by atoms with E-state index in [4.69, 9.17) is 17.3 Å². The van der Waals surface area contributed by atoms with Crippen molar-refractivity contribution in [3.8, 4) is 0 Å². The zero-order valence-electron chi connectivity index (χ0n) is 13.0. The van der Waals surface area contributed by atoms with Gasteiger partial charge in [0.25, 0.3) is 0 Å². The summed E-state index contributed by atoms with van der Waals surface area (Å²) in [7, 11) is 0. The summed E-state index contributed by atoms with van der Waals surface area (Å²) in [6, 6.07) is 12.6. The summed E-state index contributed by atoms with van der Waals surface area (Å²) in [5, 5.41) is 1.96. The van der Waals surface area contributed by atoms with Crippen LogP contribution in [0.2, 0.25) is 5.02 Å². The largest absolute Gasteiger partial charge is 0.358 e. The molecule has 0 atom stereocenters. The summed E-state index contributed by atoms with van der Waals surface area (Å²) < 4.78 is 0. The van der Waals surface area contributed by atoms with Crippen LogP contribution in [0.25, 0.3) is 10.9 Å². The number of H-pyrrole nitrogens is 1. The van der Waals surface area contributed by atoms with Gasteiger partial charge < -0.3 is 10.7 Å². The van der Waals surface area contributed by atoms with Crippen LogP contribution >= 0.6 is 11.6 Å². The fourth-order valence-electron chi connectivity index (χ4n) is 3.04. The van der Waals surface area contributed by atoms with Crippen molar-refractivity contribution >= 4 is 22.5 Å². The molecule has 0 spiro atoms. The quantitative estimate of drug-likeness (QED) is 0.730. The van der Waals surface area contributed by atoms with Gasteiger partial charge in [-0.25, -0.2) is 0 Å². The first-order chi connectivity index (χ1) is 10.6. The van der Waals surface area contributed by atoms with Crippen LogP contribution in [-0.4, -0.2) is 11.5 Å². The molecule has 0 unspecified atom stereocenters. The lowest BCUT2D eigenvalue weighted by Crippen LogP contribution is -2.05. The number of hydrogen-bond donors (Lipinski definition) is 2. The Kier molecular flexibility index (Phi) is 4.23. The Balaban J connectivity index is 2.09. The number of hydrogen-bond acceptors (Lipinski definition) is 1. The van der Waals surface area contributed by atoms with E-state index in [-0.39, 0.29) is 0 Å². The minimum Gasteiger partial charge on any atom is -0.358 e. The molecule has 3 heteroatoms. The summed E-state index contributed by atoms with van der Waals surface area (Å²) in [6.07, 6.45) is 1.76. The van der Waals surface area contributed by atoms with Crippen LogP contribution in [-0.2, 0) is 12.8 Å². The van der Waals surface area contributed by atoms with Gasteiger partial charge in [-0.3, -0.25) is 0 Å². The Hall–Kier alpha value is -1.77. The van der Waals surface area contributed by atoms with Crippen LogP contribution in [0, 0.1) is 13.8 Å². The van der Waals surface area contributed by atoms with E-state index < -0.39 is 0 Å². The van der Waals surface area contributed by atoms with Crippen molar-refractivity contribution in [3.63, 3.8) is 0 Å². The zero-order valence-corrected chi connectivity index (χ0v) is 13.8. The molecular weight excluding hydrogens is 292 g/mol. The summed E-state index contributed by atoms with van der Waals surface area (Å²) in [4.78, 5) is 3.56. The highest BCUT2D eigenvalue weighted by atomic mass is 35.5. The molecule has 0 aliphatic carbocycles. The van der Waals surface area contributed by atoms with Crippen molar-refractivity contribution in [1.29, 1.82) is 0 Å². The van der Waals surface area contributed by atoms with Crippen molar-refractivity contribution in [1.82, 2.24) is 4.98 Å². The van der Waals surface area contributed by atoms with E-state index in [1.54, 1.807) is 0 Å². The van der Waals surface area contributed by atoms with Gasteiger partial charge in [-0.1, -0.05) is 35.4 Å². The summed E-state index contributed by atoms with van der Waals surface area (Å²) >= 11 is 6.16. The molecule has 0 saturated carbocycles. The lowest BCUT2D eigenvalue weighted by molar-refractivity contribution is 0.943.